The molecule has 1 heterocycles. The third kappa shape index (κ3) is 3.99. The Hall–Kier alpha value is -1.69. The molecule has 0 bridgehead atoms. The van der Waals surface area contributed by atoms with E-state index in [1.807, 2.05) is 20.8 Å². The maximum absolute atomic E-state index is 12.7. The second-order valence-electron chi connectivity index (χ2n) is 5.87. The molecule has 1 fully saturated rings. The summed E-state index contributed by atoms with van der Waals surface area (Å²) in [6.45, 7) is 6.93. The number of nitrogens with one attached hydrogen (secondary N) is 1. The van der Waals surface area contributed by atoms with Crippen molar-refractivity contribution in [2.24, 2.45) is 0 Å². The van der Waals surface area contributed by atoms with Crippen LogP contribution < -0.4 is 5.32 Å². The van der Waals surface area contributed by atoms with Gasteiger partial charge in [0, 0.05) is 46.8 Å². The maximum atomic E-state index is 12.7. The minimum absolute atomic E-state index is 0.0382. The van der Waals surface area contributed by atoms with Crippen LogP contribution in [0, 0.1) is 0 Å². The van der Waals surface area contributed by atoms with Crippen LogP contribution in [-0.4, -0.2) is 51.1 Å². The highest BCUT2D eigenvalue weighted by molar-refractivity contribution is 7.85. The second kappa shape index (κ2) is 7.73. The van der Waals surface area contributed by atoms with Crippen molar-refractivity contribution in [1.82, 2.24) is 10.2 Å². The summed E-state index contributed by atoms with van der Waals surface area (Å²) >= 11 is 0. The van der Waals surface area contributed by atoms with Gasteiger partial charge in [-0.25, -0.2) is 0 Å². The highest BCUT2D eigenvalue weighted by atomic mass is 32.2. The van der Waals surface area contributed by atoms with Crippen LogP contribution in [0.15, 0.2) is 24.3 Å². The number of carbonyl (C=O) groups is 2. The first kappa shape index (κ1) is 17.7. The molecule has 5 nitrogen and oxygen atoms in total. The predicted octanol–water partition coefficient (Wildman–Crippen LogP) is 1.81. The fourth-order valence-electron chi connectivity index (χ4n) is 2.64. The lowest BCUT2D eigenvalue weighted by molar-refractivity contribution is 0.0695. The zero-order chi connectivity index (χ0) is 17.0. The van der Waals surface area contributed by atoms with Crippen molar-refractivity contribution in [2.45, 2.75) is 38.5 Å². The number of benzene rings is 1. The lowest BCUT2D eigenvalue weighted by Gasteiger charge is -2.37. The number of amides is 2. The van der Waals surface area contributed by atoms with Crippen molar-refractivity contribution in [3.63, 3.8) is 0 Å². The van der Waals surface area contributed by atoms with E-state index in [1.54, 1.807) is 29.2 Å². The molecule has 0 saturated carbocycles. The highest BCUT2D eigenvalue weighted by Gasteiger charge is 2.33. The molecule has 0 radical (unpaired) electrons. The fraction of sp³-hybridized carbons (Fsp3) is 0.529. The van der Waals surface area contributed by atoms with Gasteiger partial charge in [-0.05, 0) is 38.5 Å². The molecule has 1 aromatic rings. The summed E-state index contributed by atoms with van der Waals surface area (Å²) in [5, 5.41) is 2.77. The van der Waals surface area contributed by atoms with Crippen LogP contribution >= 0.6 is 0 Å². The molecule has 1 aliphatic heterocycles. The maximum Gasteiger partial charge on any atom is 0.254 e. The highest BCUT2D eigenvalue weighted by Crippen LogP contribution is 2.19. The first-order valence-electron chi connectivity index (χ1n) is 8.02. The van der Waals surface area contributed by atoms with Crippen LogP contribution in [-0.2, 0) is 10.8 Å². The first-order valence-corrected chi connectivity index (χ1v) is 9.40. The quantitative estimate of drug-likeness (QED) is 0.912. The van der Waals surface area contributed by atoms with Gasteiger partial charge < -0.3 is 10.2 Å². The van der Waals surface area contributed by atoms with Crippen LogP contribution in [0.4, 0.5) is 0 Å². The van der Waals surface area contributed by atoms with E-state index in [1.165, 1.54) is 0 Å². The van der Waals surface area contributed by atoms with Gasteiger partial charge in [-0.15, -0.1) is 0 Å². The molecule has 126 valence electrons. The molecular formula is C17H24N2O3S. The van der Waals surface area contributed by atoms with Crippen LogP contribution in [0.5, 0.6) is 0 Å². The Morgan fingerprint density at radius 2 is 2.00 bits per heavy atom. The molecule has 0 spiro atoms. The number of hydrogen-bond donors (Lipinski definition) is 1. The van der Waals surface area contributed by atoms with Crippen molar-refractivity contribution < 1.29 is 13.8 Å². The molecule has 1 N–H and O–H groups in total. The molecule has 3 atom stereocenters. The van der Waals surface area contributed by atoms with E-state index < -0.39 is 10.8 Å². The van der Waals surface area contributed by atoms with Gasteiger partial charge in [0.25, 0.3) is 11.8 Å². The monoisotopic (exact) mass is 336 g/mol. The Morgan fingerprint density at radius 3 is 2.70 bits per heavy atom. The number of carbonyl (C=O) groups excluding carboxylic acids is 2. The van der Waals surface area contributed by atoms with E-state index >= 15 is 0 Å². The molecule has 0 aliphatic carbocycles. The summed E-state index contributed by atoms with van der Waals surface area (Å²) < 4.78 is 11.9. The van der Waals surface area contributed by atoms with Crippen molar-refractivity contribution in [2.75, 3.05) is 18.8 Å². The normalized spacial score (nSPS) is 24.3. The first-order chi connectivity index (χ1) is 11.0. The topological polar surface area (TPSA) is 66.5 Å². The molecule has 2 rings (SSSR count). The van der Waals surface area contributed by atoms with Gasteiger partial charge in [0.05, 0.1) is 5.25 Å². The van der Waals surface area contributed by atoms with E-state index in [9.17, 15) is 13.8 Å². The summed E-state index contributed by atoms with van der Waals surface area (Å²) in [6, 6.07) is 6.72. The van der Waals surface area contributed by atoms with Crippen LogP contribution in [0.25, 0.3) is 0 Å². The van der Waals surface area contributed by atoms with E-state index in [4.69, 9.17) is 0 Å². The van der Waals surface area contributed by atoms with E-state index in [2.05, 4.69) is 5.32 Å². The summed E-state index contributed by atoms with van der Waals surface area (Å²) in [7, 11) is -0.882. The van der Waals surface area contributed by atoms with E-state index in [-0.39, 0.29) is 23.1 Å². The molecule has 1 aromatic carbocycles. The van der Waals surface area contributed by atoms with Crippen LogP contribution in [0.3, 0.4) is 0 Å². The van der Waals surface area contributed by atoms with Gasteiger partial charge in [0.2, 0.25) is 0 Å². The summed E-state index contributed by atoms with van der Waals surface area (Å²) in [5.41, 5.74) is 0.992. The minimum atomic E-state index is -0.882. The van der Waals surface area contributed by atoms with Gasteiger partial charge in [-0.2, -0.15) is 0 Å². The molecule has 6 heteroatoms. The van der Waals surface area contributed by atoms with Crippen LogP contribution in [0.1, 0.15) is 47.9 Å². The van der Waals surface area contributed by atoms with Crippen molar-refractivity contribution >= 4 is 22.6 Å². The van der Waals surface area contributed by atoms with Crippen molar-refractivity contribution in [3.8, 4) is 0 Å². The van der Waals surface area contributed by atoms with Crippen LogP contribution in [0.2, 0.25) is 0 Å². The Labute approximate surface area is 139 Å². The molecule has 0 unspecified atom stereocenters. The van der Waals surface area contributed by atoms with Gasteiger partial charge in [-0.1, -0.05) is 13.0 Å². The van der Waals surface area contributed by atoms with Gasteiger partial charge >= 0.3 is 0 Å². The standard InChI is InChI=1S/C17H24N2O3S/c1-4-8-18-16(20)14-6-5-7-15(11-14)17(21)19-9-10-23(22)13(3)12(19)2/h5-7,11-13H,4,8-10H2,1-3H3,(H,18,20)/t12-,13+,23+/m0/s1. The third-order valence-corrected chi connectivity index (χ3v) is 6.10. The number of hydrogen-bond acceptors (Lipinski definition) is 3. The molecule has 23 heavy (non-hydrogen) atoms. The second-order valence-corrected chi connectivity index (χ2v) is 7.78. The number of rotatable bonds is 4. The predicted molar refractivity (Wildman–Crippen MR) is 92.0 cm³/mol. The van der Waals surface area contributed by atoms with E-state index in [0.29, 0.717) is 30.0 Å². The zero-order valence-corrected chi connectivity index (χ0v) is 14.7. The smallest absolute Gasteiger partial charge is 0.254 e. The average Bonchev–Trinajstić information content (AvgIpc) is 2.57. The largest absolute Gasteiger partial charge is 0.352 e. The molecule has 2 amide bonds. The summed E-state index contributed by atoms with van der Waals surface area (Å²) in [4.78, 5) is 26.5. The van der Waals surface area contributed by atoms with Gasteiger partial charge in [0.15, 0.2) is 0 Å². The Morgan fingerprint density at radius 1 is 1.30 bits per heavy atom. The molecular weight excluding hydrogens is 312 g/mol. The average molecular weight is 336 g/mol. The van der Waals surface area contributed by atoms with E-state index in [0.717, 1.165) is 6.42 Å². The van der Waals surface area contributed by atoms with Crippen molar-refractivity contribution in [3.05, 3.63) is 35.4 Å². The Balaban J connectivity index is 2.16. The Kier molecular flexibility index (Phi) is 5.93. The SMILES string of the molecule is CCCNC(=O)c1cccc(C(=O)N2CC[S@@](=O)[C@H](C)[C@@H]2C)c1. The van der Waals surface area contributed by atoms with Crippen molar-refractivity contribution in [1.29, 1.82) is 0 Å². The molecule has 1 aliphatic rings. The van der Waals surface area contributed by atoms with Gasteiger partial charge in [-0.3, -0.25) is 13.8 Å². The molecule has 0 aromatic heterocycles. The lowest BCUT2D eigenvalue weighted by atomic mass is 10.1. The summed E-state index contributed by atoms with van der Waals surface area (Å²) in [6.07, 6.45) is 0.866. The minimum Gasteiger partial charge on any atom is -0.352 e. The van der Waals surface area contributed by atoms with Gasteiger partial charge in [0.1, 0.15) is 0 Å². The third-order valence-electron chi connectivity index (χ3n) is 4.29. The number of nitrogens with zero attached hydrogens (tertiary/aromatic N) is 1. The Bertz CT molecular complexity index is 618. The fourth-order valence-corrected chi connectivity index (χ4v) is 3.97. The summed E-state index contributed by atoms with van der Waals surface area (Å²) in [5.74, 6) is 0.238. The zero-order valence-electron chi connectivity index (χ0n) is 13.9. The lowest BCUT2D eigenvalue weighted by Crippen LogP contribution is -2.52. The molecule has 1 saturated heterocycles.